The molecule has 0 heteroatoms. The highest BCUT2D eigenvalue weighted by Crippen LogP contribution is 2.41. The molecule has 0 heterocycles. The zero-order valence-corrected chi connectivity index (χ0v) is 13.2. The summed E-state index contributed by atoms with van der Waals surface area (Å²) >= 11 is 0. The molecule has 0 aliphatic rings. The monoisotopic (exact) mass is 256 g/mol. The van der Waals surface area contributed by atoms with Crippen molar-refractivity contribution in [2.24, 2.45) is 5.41 Å². The molecule has 0 aliphatic heterocycles. The van der Waals surface area contributed by atoms with E-state index in [-0.39, 0.29) is 5.41 Å². The largest absolute Gasteiger partial charge is 0.0988 e. The Hall–Kier alpha value is -1.56. The molecule has 104 valence electrons. The van der Waals surface area contributed by atoms with Crippen LogP contribution in [0.25, 0.3) is 0 Å². The molecule has 0 aromatic heterocycles. The lowest BCUT2D eigenvalue weighted by Crippen LogP contribution is -2.20. The lowest BCUT2D eigenvalue weighted by Gasteiger charge is -2.31. The van der Waals surface area contributed by atoms with E-state index in [2.05, 4.69) is 70.4 Å². The minimum Gasteiger partial charge on any atom is -0.0988 e. The van der Waals surface area contributed by atoms with E-state index in [1.54, 1.807) is 0 Å². The van der Waals surface area contributed by atoms with E-state index in [1.807, 2.05) is 19.9 Å². The lowest BCUT2D eigenvalue weighted by molar-refractivity contribution is 0.708. The van der Waals surface area contributed by atoms with Crippen molar-refractivity contribution in [2.75, 3.05) is 0 Å². The summed E-state index contributed by atoms with van der Waals surface area (Å²) in [6.07, 6.45) is 15.9. The predicted molar refractivity (Wildman–Crippen MR) is 89.2 cm³/mol. The zero-order valence-electron chi connectivity index (χ0n) is 13.2. The molecule has 0 nitrogen and oxygen atoms in total. The van der Waals surface area contributed by atoms with Crippen LogP contribution in [0.15, 0.2) is 72.4 Å². The maximum atomic E-state index is 4.21. The molecule has 0 saturated heterocycles. The van der Waals surface area contributed by atoms with Crippen LogP contribution in [0.5, 0.6) is 0 Å². The van der Waals surface area contributed by atoms with Gasteiger partial charge in [-0.25, -0.2) is 0 Å². The summed E-state index contributed by atoms with van der Waals surface area (Å²) < 4.78 is 0. The van der Waals surface area contributed by atoms with Gasteiger partial charge in [0.2, 0.25) is 0 Å². The van der Waals surface area contributed by atoms with E-state index < -0.39 is 0 Å². The molecule has 19 heavy (non-hydrogen) atoms. The Kier molecular flexibility index (Phi) is 7.83. The molecule has 0 radical (unpaired) electrons. The van der Waals surface area contributed by atoms with Gasteiger partial charge in [0.15, 0.2) is 0 Å². The Morgan fingerprint density at radius 2 is 1.74 bits per heavy atom. The van der Waals surface area contributed by atoms with Crippen LogP contribution in [0.4, 0.5) is 0 Å². The van der Waals surface area contributed by atoms with Crippen LogP contribution >= 0.6 is 0 Å². The van der Waals surface area contributed by atoms with Gasteiger partial charge in [0.1, 0.15) is 0 Å². The molecular weight excluding hydrogens is 228 g/mol. The molecule has 0 rings (SSSR count). The third kappa shape index (κ3) is 4.24. The maximum absolute atomic E-state index is 4.21. The Labute approximate surface area is 119 Å². The molecule has 0 fully saturated rings. The van der Waals surface area contributed by atoms with Crippen LogP contribution in [-0.2, 0) is 0 Å². The summed E-state index contributed by atoms with van der Waals surface area (Å²) in [5, 5.41) is 0. The van der Waals surface area contributed by atoms with Crippen LogP contribution in [0.3, 0.4) is 0 Å². The van der Waals surface area contributed by atoms with Crippen molar-refractivity contribution >= 4 is 0 Å². The van der Waals surface area contributed by atoms with Crippen molar-refractivity contribution in [3.63, 3.8) is 0 Å². The summed E-state index contributed by atoms with van der Waals surface area (Å²) in [6.45, 7) is 18.5. The van der Waals surface area contributed by atoms with Crippen LogP contribution in [0.1, 0.15) is 41.0 Å². The van der Waals surface area contributed by atoms with E-state index >= 15 is 0 Å². The second-order valence-corrected chi connectivity index (χ2v) is 4.76. The molecule has 0 bridgehead atoms. The molecule has 0 N–H and O–H groups in total. The van der Waals surface area contributed by atoms with Gasteiger partial charge in [-0.05, 0) is 45.3 Å². The highest BCUT2D eigenvalue weighted by Gasteiger charge is 2.29. The first kappa shape index (κ1) is 17.4. The second-order valence-electron chi connectivity index (χ2n) is 4.76. The Morgan fingerprint density at radius 1 is 1.11 bits per heavy atom. The third-order valence-electron chi connectivity index (χ3n) is 3.26. The summed E-state index contributed by atoms with van der Waals surface area (Å²) in [5.74, 6) is 0. The van der Waals surface area contributed by atoms with Gasteiger partial charge in [-0.2, -0.15) is 0 Å². The smallest absolute Gasteiger partial charge is 0.0519 e. The Balaban J connectivity index is 6.28. The van der Waals surface area contributed by atoms with Crippen molar-refractivity contribution < 1.29 is 0 Å². The molecule has 0 aromatic rings. The molecule has 0 spiro atoms. The molecule has 1 atom stereocenters. The number of hydrogen-bond acceptors (Lipinski definition) is 0. The first-order valence-electron chi connectivity index (χ1n) is 6.94. The van der Waals surface area contributed by atoms with Crippen molar-refractivity contribution in [1.82, 2.24) is 0 Å². The van der Waals surface area contributed by atoms with Crippen LogP contribution in [0.2, 0.25) is 0 Å². The van der Waals surface area contributed by atoms with Crippen LogP contribution in [0, 0.1) is 5.41 Å². The van der Waals surface area contributed by atoms with Crippen LogP contribution < -0.4 is 0 Å². The van der Waals surface area contributed by atoms with Gasteiger partial charge in [0.05, 0.1) is 5.41 Å². The van der Waals surface area contributed by atoms with Gasteiger partial charge in [0, 0.05) is 0 Å². The molecule has 0 amide bonds. The summed E-state index contributed by atoms with van der Waals surface area (Å²) in [7, 11) is 0. The van der Waals surface area contributed by atoms with E-state index in [4.69, 9.17) is 0 Å². The average molecular weight is 256 g/mol. The van der Waals surface area contributed by atoms with Crippen molar-refractivity contribution in [3.8, 4) is 0 Å². The number of hydrogen-bond donors (Lipinski definition) is 0. The van der Waals surface area contributed by atoms with Crippen molar-refractivity contribution in [1.29, 1.82) is 0 Å². The molecule has 0 aromatic carbocycles. The highest BCUT2D eigenvalue weighted by molar-refractivity contribution is 5.49. The lowest BCUT2D eigenvalue weighted by atomic mass is 9.72. The fourth-order valence-corrected chi connectivity index (χ4v) is 2.19. The normalized spacial score (nSPS) is 16.9. The second kappa shape index (κ2) is 8.53. The third-order valence-corrected chi connectivity index (χ3v) is 3.26. The topological polar surface area (TPSA) is 0 Å². The fourth-order valence-electron chi connectivity index (χ4n) is 2.19. The van der Waals surface area contributed by atoms with E-state index in [1.165, 1.54) is 11.1 Å². The standard InChI is InChI=1S/C19H28/c1-8-12-15-19(14-10-3,16(5)6)18(13-9-2)17(7)11-4/h9-15H,4-5,8H2,1-3,6-7H3. The molecule has 0 saturated carbocycles. The molecular formula is C19H28. The summed E-state index contributed by atoms with van der Waals surface area (Å²) in [6, 6.07) is 0. The van der Waals surface area contributed by atoms with Crippen molar-refractivity contribution in [2.45, 2.75) is 41.0 Å². The first-order chi connectivity index (χ1) is 8.99. The predicted octanol–water partition coefficient (Wildman–Crippen LogP) is 6.17. The average Bonchev–Trinajstić information content (AvgIpc) is 2.40. The molecule has 0 aliphatic carbocycles. The van der Waals surface area contributed by atoms with E-state index in [0.29, 0.717) is 0 Å². The van der Waals surface area contributed by atoms with Gasteiger partial charge in [-0.3, -0.25) is 0 Å². The number of allylic oxidation sites excluding steroid dienone is 10. The first-order valence-corrected chi connectivity index (χ1v) is 6.94. The Bertz CT molecular complexity index is 427. The van der Waals surface area contributed by atoms with Crippen molar-refractivity contribution in [3.05, 3.63) is 72.4 Å². The minimum absolute atomic E-state index is 0.241. The number of rotatable bonds is 7. The Morgan fingerprint density at radius 3 is 2.11 bits per heavy atom. The van der Waals surface area contributed by atoms with Gasteiger partial charge in [-0.1, -0.05) is 68.2 Å². The van der Waals surface area contributed by atoms with E-state index in [9.17, 15) is 0 Å². The summed E-state index contributed by atoms with van der Waals surface area (Å²) in [4.78, 5) is 0. The van der Waals surface area contributed by atoms with E-state index in [0.717, 1.165) is 12.0 Å². The minimum atomic E-state index is -0.241. The van der Waals surface area contributed by atoms with Gasteiger partial charge in [0.25, 0.3) is 0 Å². The summed E-state index contributed by atoms with van der Waals surface area (Å²) in [5.41, 5.74) is 3.29. The van der Waals surface area contributed by atoms with Gasteiger partial charge in [-0.15, -0.1) is 0 Å². The fraction of sp³-hybridized carbons (Fsp3) is 0.368. The van der Waals surface area contributed by atoms with Crippen LogP contribution in [-0.4, -0.2) is 0 Å². The van der Waals surface area contributed by atoms with Gasteiger partial charge >= 0.3 is 0 Å². The maximum Gasteiger partial charge on any atom is 0.0519 e. The quantitative estimate of drug-likeness (QED) is 0.377. The highest BCUT2D eigenvalue weighted by atomic mass is 14.3. The zero-order chi connectivity index (χ0) is 14.9. The van der Waals surface area contributed by atoms with Gasteiger partial charge < -0.3 is 0 Å². The molecule has 1 unspecified atom stereocenters. The SMILES string of the molecule is C=CC(C)=C(C=CC)C(C=CC)(C=CCC)C(=C)C.